The number of nitrogens with zero attached hydrogens (tertiary/aromatic N) is 4. The van der Waals surface area contributed by atoms with Crippen molar-refractivity contribution in [3.63, 3.8) is 0 Å². The number of aliphatic hydroxyl groups is 1. The van der Waals surface area contributed by atoms with Gasteiger partial charge in [-0.05, 0) is 57.8 Å². The van der Waals surface area contributed by atoms with Crippen molar-refractivity contribution in [1.29, 1.82) is 0 Å². The first-order valence-electron chi connectivity index (χ1n) is 11.5. The molecule has 176 valence electrons. The van der Waals surface area contributed by atoms with E-state index in [-0.39, 0.29) is 6.03 Å². The number of amides is 2. The highest BCUT2D eigenvalue weighted by molar-refractivity contribution is 5.98. The van der Waals surface area contributed by atoms with Gasteiger partial charge in [-0.2, -0.15) is 5.10 Å². The molecule has 2 aliphatic rings. The predicted molar refractivity (Wildman–Crippen MR) is 125 cm³/mol. The molecule has 5 rings (SSSR count). The summed E-state index contributed by atoms with van der Waals surface area (Å²) in [6.07, 6.45) is 7.19. The summed E-state index contributed by atoms with van der Waals surface area (Å²) < 4.78 is 7.57. The fourth-order valence-corrected chi connectivity index (χ4v) is 4.65. The maximum absolute atomic E-state index is 12.8. The van der Waals surface area contributed by atoms with Crippen LogP contribution in [-0.4, -0.2) is 74.7 Å². The number of likely N-dealkylation sites (tertiary alicyclic amines) is 1. The van der Waals surface area contributed by atoms with E-state index in [2.05, 4.69) is 36.6 Å². The number of ether oxygens (including phenoxy) is 1. The average molecular weight is 454 g/mol. The zero-order chi connectivity index (χ0) is 23.0. The van der Waals surface area contributed by atoms with Gasteiger partial charge >= 0.3 is 6.03 Å². The number of methoxy groups -OCH3 is 1. The molecule has 0 unspecified atom stereocenters. The van der Waals surface area contributed by atoms with Crippen LogP contribution in [0.15, 0.2) is 24.5 Å². The van der Waals surface area contributed by atoms with E-state index in [1.165, 1.54) is 0 Å². The number of nitrogens with one attached hydrogen (secondary N) is 3. The predicted octanol–water partition coefficient (Wildman–Crippen LogP) is 2.74. The molecule has 0 bridgehead atoms. The van der Waals surface area contributed by atoms with Gasteiger partial charge in [0.2, 0.25) is 5.95 Å². The molecular weight excluding hydrogens is 422 g/mol. The summed E-state index contributed by atoms with van der Waals surface area (Å²) in [4.78, 5) is 22.3. The summed E-state index contributed by atoms with van der Waals surface area (Å²) in [6, 6.07) is 4.04. The Hall–Kier alpha value is -3.11. The average Bonchev–Trinajstić information content (AvgIpc) is 3.46. The lowest BCUT2D eigenvalue weighted by Gasteiger charge is -2.35. The summed E-state index contributed by atoms with van der Waals surface area (Å²) in [7, 11) is 1.61. The Labute approximate surface area is 192 Å². The van der Waals surface area contributed by atoms with E-state index in [1.54, 1.807) is 12.0 Å². The lowest BCUT2D eigenvalue weighted by molar-refractivity contribution is 0.00569. The van der Waals surface area contributed by atoms with E-state index >= 15 is 0 Å². The topological polar surface area (TPSA) is 120 Å². The molecule has 0 aliphatic carbocycles. The highest BCUT2D eigenvalue weighted by Crippen LogP contribution is 2.34. The number of aromatic amines is 1. The van der Waals surface area contributed by atoms with Gasteiger partial charge in [0.25, 0.3) is 0 Å². The van der Waals surface area contributed by atoms with Gasteiger partial charge in [-0.3, -0.25) is 10.00 Å². The van der Waals surface area contributed by atoms with E-state index in [4.69, 9.17) is 4.74 Å². The minimum atomic E-state index is -0.711. The maximum Gasteiger partial charge on any atom is 0.324 e. The second-order valence-corrected chi connectivity index (χ2v) is 9.23. The molecule has 2 aliphatic heterocycles. The number of rotatable bonds is 4. The largest absolute Gasteiger partial charge is 0.494 e. The van der Waals surface area contributed by atoms with Crippen LogP contribution in [0.5, 0.6) is 5.75 Å². The van der Waals surface area contributed by atoms with Crippen LogP contribution in [0, 0.1) is 0 Å². The third kappa shape index (κ3) is 4.40. The minimum Gasteiger partial charge on any atom is -0.494 e. The number of carbonyl (C=O) groups is 1. The molecule has 2 amide bonds. The number of urea groups is 1. The van der Waals surface area contributed by atoms with Crippen molar-refractivity contribution in [3.8, 4) is 16.9 Å². The molecule has 0 spiro atoms. The van der Waals surface area contributed by atoms with E-state index < -0.39 is 5.60 Å². The maximum atomic E-state index is 12.8. The number of anilines is 1. The van der Waals surface area contributed by atoms with Crippen LogP contribution < -0.4 is 15.4 Å². The molecule has 4 heterocycles. The number of fused-ring (bicyclic) bond motifs is 1. The quantitative estimate of drug-likeness (QED) is 0.482. The summed E-state index contributed by atoms with van der Waals surface area (Å²) >= 11 is 0. The van der Waals surface area contributed by atoms with Crippen LogP contribution >= 0.6 is 0 Å². The second kappa shape index (κ2) is 8.68. The number of aromatic nitrogens is 4. The molecule has 2 aromatic heterocycles. The smallest absolute Gasteiger partial charge is 0.324 e. The molecule has 0 atom stereocenters. The van der Waals surface area contributed by atoms with Gasteiger partial charge < -0.3 is 25.0 Å². The highest BCUT2D eigenvalue weighted by Gasteiger charge is 2.30. The first kappa shape index (κ1) is 21.7. The van der Waals surface area contributed by atoms with Gasteiger partial charge in [-0.1, -0.05) is 0 Å². The Morgan fingerprint density at radius 1 is 1.27 bits per heavy atom. The van der Waals surface area contributed by atoms with Crippen LogP contribution in [0.4, 0.5) is 10.7 Å². The second-order valence-electron chi connectivity index (χ2n) is 9.23. The number of imidazole rings is 1. The van der Waals surface area contributed by atoms with Gasteiger partial charge in [0, 0.05) is 30.4 Å². The molecule has 0 saturated carbocycles. The van der Waals surface area contributed by atoms with Crippen molar-refractivity contribution >= 4 is 23.0 Å². The molecule has 0 radical (unpaired) electrons. The molecule has 10 heteroatoms. The zero-order valence-corrected chi connectivity index (χ0v) is 19.1. The fraction of sp³-hybridized carbons (Fsp3) is 0.522. The monoisotopic (exact) mass is 453 g/mol. The summed E-state index contributed by atoms with van der Waals surface area (Å²) in [5.41, 5.74) is 2.67. The lowest BCUT2D eigenvalue weighted by atomic mass is 9.94. The summed E-state index contributed by atoms with van der Waals surface area (Å²) in [6.45, 7) is 4.82. The number of hydrogen-bond donors (Lipinski definition) is 4. The van der Waals surface area contributed by atoms with Crippen LogP contribution in [0.1, 0.15) is 38.6 Å². The molecule has 1 aromatic carbocycles. The number of hydrogen-bond acceptors (Lipinski definition) is 6. The zero-order valence-electron chi connectivity index (χ0n) is 19.1. The third-order valence-corrected chi connectivity index (χ3v) is 6.78. The molecular formula is C23H31N7O3. The van der Waals surface area contributed by atoms with Gasteiger partial charge in [0.15, 0.2) is 0 Å². The van der Waals surface area contributed by atoms with Crippen LogP contribution in [0.2, 0.25) is 0 Å². The molecule has 2 saturated heterocycles. The van der Waals surface area contributed by atoms with Gasteiger partial charge in [-0.15, -0.1) is 0 Å². The molecule has 3 aromatic rings. The van der Waals surface area contributed by atoms with Crippen molar-refractivity contribution in [2.75, 3.05) is 38.6 Å². The number of H-pyrrole nitrogens is 1. The SMILES string of the molecule is COc1ccc(-c2cnn(C3CCNCC3)c2)c2[nH]c(NC(=O)N3CCC(C)(O)CC3)nc12. The van der Waals surface area contributed by atoms with Crippen molar-refractivity contribution in [1.82, 2.24) is 30.0 Å². The van der Waals surface area contributed by atoms with Crippen molar-refractivity contribution < 1.29 is 14.6 Å². The molecule has 2 fully saturated rings. The van der Waals surface area contributed by atoms with Crippen molar-refractivity contribution in [3.05, 3.63) is 24.5 Å². The van der Waals surface area contributed by atoms with Crippen molar-refractivity contribution in [2.45, 2.75) is 44.2 Å². The number of piperidine rings is 2. The van der Waals surface area contributed by atoms with E-state index in [1.807, 2.05) is 25.3 Å². The van der Waals surface area contributed by atoms with Crippen molar-refractivity contribution in [2.24, 2.45) is 0 Å². The fourth-order valence-electron chi connectivity index (χ4n) is 4.65. The van der Waals surface area contributed by atoms with Crippen LogP contribution in [0.3, 0.4) is 0 Å². The number of benzene rings is 1. The summed E-state index contributed by atoms with van der Waals surface area (Å²) in [5.74, 6) is 0.995. The molecule has 33 heavy (non-hydrogen) atoms. The van der Waals surface area contributed by atoms with Gasteiger partial charge in [-0.25, -0.2) is 9.78 Å². The Morgan fingerprint density at radius 2 is 2.03 bits per heavy atom. The summed E-state index contributed by atoms with van der Waals surface area (Å²) in [5, 5.41) is 21.0. The Balaban J connectivity index is 1.41. The minimum absolute atomic E-state index is 0.233. The number of carbonyl (C=O) groups excluding carboxylic acids is 1. The van der Waals surface area contributed by atoms with Crippen LogP contribution in [0.25, 0.3) is 22.2 Å². The van der Waals surface area contributed by atoms with E-state index in [0.29, 0.717) is 49.2 Å². The Bertz CT molecular complexity index is 1140. The Morgan fingerprint density at radius 3 is 2.76 bits per heavy atom. The molecule has 10 nitrogen and oxygen atoms in total. The van der Waals surface area contributed by atoms with Gasteiger partial charge in [0.1, 0.15) is 11.3 Å². The lowest BCUT2D eigenvalue weighted by Crippen LogP contribution is -2.46. The third-order valence-electron chi connectivity index (χ3n) is 6.78. The first-order chi connectivity index (χ1) is 15.9. The van der Waals surface area contributed by atoms with E-state index in [9.17, 15) is 9.90 Å². The van der Waals surface area contributed by atoms with Crippen LogP contribution in [-0.2, 0) is 0 Å². The first-order valence-corrected chi connectivity index (χ1v) is 11.5. The van der Waals surface area contributed by atoms with E-state index in [0.717, 1.165) is 42.6 Å². The van der Waals surface area contributed by atoms with Gasteiger partial charge in [0.05, 0.1) is 30.5 Å². The highest BCUT2D eigenvalue weighted by atomic mass is 16.5. The standard InChI is InChI=1S/C23H31N7O3/c1-23(32)7-11-29(12-8-23)22(31)28-21-26-19-17(3-4-18(33-2)20(19)27-21)15-13-25-30(14-15)16-5-9-24-10-6-16/h3-4,13-14,16,24,32H,5-12H2,1-2H3,(H2,26,27,28,31). The Kier molecular flexibility index (Phi) is 5.71. The molecule has 4 N–H and O–H groups in total. The normalized spacial score (nSPS) is 19.1.